The molecule has 1 N–H and O–H groups in total. The minimum atomic E-state index is -0.866. The highest BCUT2D eigenvalue weighted by molar-refractivity contribution is 5.94. The molecule has 1 amide bonds. The first kappa shape index (κ1) is 24.6. The number of carbonyl (C=O) groups excluding carboxylic acids is 1. The average molecular weight is 473 g/mol. The van der Waals surface area contributed by atoms with Gasteiger partial charge in [0.1, 0.15) is 0 Å². The standard InChI is InChI=1S/C28H32N4O3/c1-30(2)25-20-31(27(21-12-6-3-7-13-21)22-14-8-4-9-15-22)26(32(34)35)18-24(25)19-29-28(33)23-16-10-5-11-17-23/h3-17,24-27H,18-20H2,1-2H3,(H,29,33). The molecular formula is C28H32N4O3. The molecule has 7 heteroatoms. The van der Waals surface area contributed by atoms with E-state index in [2.05, 4.69) is 10.2 Å². The molecule has 182 valence electrons. The molecule has 0 aliphatic carbocycles. The van der Waals surface area contributed by atoms with Crippen molar-refractivity contribution in [1.29, 1.82) is 0 Å². The quantitative estimate of drug-likeness (QED) is 0.395. The van der Waals surface area contributed by atoms with Crippen LogP contribution in [-0.2, 0) is 0 Å². The number of nitrogens with zero attached hydrogens (tertiary/aromatic N) is 3. The van der Waals surface area contributed by atoms with Crippen molar-refractivity contribution >= 4 is 5.91 Å². The Kier molecular flexibility index (Phi) is 7.90. The van der Waals surface area contributed by atoms with Gasteiger partial charge in [-0.05, 0) is 37.4 Å². The van der Waals surface area contributed by atoms with E-state index in [0.717, 1.165) is 11.1 Å². The largest absolute Gasteiger partial charge is 0.352 e. The number of benzene rings is 3. The second-order valence-corrected chi connectivity index (χ2v) is 9.29. The van der Waals surface area contributed by atoms with Crippen molar-refractivity contribution in [3.05, 3.63) is 118 Å². The lowest BCUT2D eigenvalue weighted by atomic mass is 9.85. The third kappa shape index (κ3) is 5.75. The zero-order valence-electron chi connectivity index (χ0n) is 20.2. The number of likely N-dealkylation sites (N-methyl/N-ethyl adjacent to an activating group) is 1. The minimum absolute atomic E-state index is 0.0391. The van der Waals surface area contributed by atoms with Crippen molar-refractivity contribution < 1.29 is 9.72 Å². The Labute approximate surface area is 206 Å². The molecule has 0 radical (unpaired) electrons. The predicted molar refractivity (Wildman–Crippen MR) is 137 cm³/mol. The molecule has 3 unspecified atom stereocenters. The fraction of sp³-hybridized carbons (Fsp3) is 0.321. The van der Waals surface area contributed by atoms with Gasteiger partial charge in [0.15, 0.2) is 0 Å². The van der Waals surface area contributed by atoms with E-state index in [9.17, 15) is 14.9 Å². The van der Waals surface area contributed by atoms with E-state index in [4.69, 9.17) is 0 Å². The van der Waals surface area contributed by atoms with Crippen LogP contribution in [0.3, 0.4) is 0 Å². The number of nitro groups is 1. The summed E-state index contributed by atoms with van der Waals surface area (Å²) in [5, 5.41) is 15.4. The van der Waals surface area contributed by atoms with E-state index in [1.807, 2.05) is 97.9 Å². The Hall–Kier alpha value is -3.55. The van der Waals surface area contributed by atoms with Gasteiger partial charge in [-0.25, -0.2) is 4.90 Å². The van der Waals surface area contributed by atoms with Crippen molar-refractivity contribution in [3.63, 3.8) is 0 Å². The van der Waals surface area contributed by atoms with Crippen LogP contribution in [0.5, 0.6) is 0 Å². The van der Waals surface area contributed by atoms with Gasteiger partial charge in [-0.15, -0.1) is 0 Å². The Bertz CT molecular complexity index is 1070. The molecule has 4 rings (SSSR count). The van der Waals surface area contributed by atoms with Gasteiger partial charge in [0.05, 0.1) is 6.04 Å². The maximum absolute atomic E-state index is 12.7. The van der Waals surface area contributed by atoms with Crippen LogP contribution in [0.15, 0.2) is 91.0 Å². The highest BCUT2D eigenvalue weighted by Gasteiger charge is 2.46. The Morgan fingerprint density at radius 2 is 1.49 bits per heavy atom. The molecule has 1 aliphatic rings. The van der Waals surface area contributed by atoms with Crippen molar-refractivity contribution in [2.45, 2.75) is 24.7 Å². The summed E-state index contributed by atoms with van der Waals surface area (Å²) in [6.45, 7) is 0.898. The molecule has 0 spiro atoms. The number of hydrogen-bond acceptors (Lipinski definition) is 5. The van der Waals surface area contributed by atoms with E-state index in [-0.39, 0.29) is 28.8 Å². The molecule has 0 aromatic heterocycles. The van der Waals surface area contributed by atoms with Gasteiger partial charge in [0, 0.05) is 42.0 Å². The monoisotopic (exact) mass is 472 g/mol. The first-order chi connectivity index (χ1) is 17.0. The molecule has 7 nitrogen and oxygen atoms in total. The van der Waals surface area contributed by atoms with Gasteiger partial charge < -0.3 is 10.2 Å². The van der Waals surface area contributed by atoms with Gasteiger partial charge in [-0.3, -0.25) is 14.9 Å². The summed E-state index contributed by atoms with van der Waals surface area (Å²) in [7, 11) is 4.00. The zero-order chi connectivity index (χ0) is 24.8. The summed E-state index contributed by atoms with van der Waals surface area (Å²) in [6.07, 6.45) is -0.517. The summed E-state index contributed by atoms with van der Waals surface area (Å²) in [6, 6.07) is 28.8. The number of rotatable bonds is 8. The van der Waals surface area contributed by atoms with E-state index in [1.54, 1.807) is 12.1 Å². The zero-order valence-corrected chi connectivity index (χ0v) is 20.2. The second-order valence-electron chi connectivity index (χ2n) is 9.29. The van der Waals surface area contributed by atoms with E-state index in [1.165, 1.54) is 0 Å². The van der Waals surface area contributed by atoms with E-state index in [0.29, 0.717) is 25.1 Å². The molecule has 0 bridgehead atoms. The molecule has 0 saturated carbocycles. The van der Waals surface area contributed by atoms with Crippen molar-refractivity contribution in [2.75, 3.05) is 27.2 Å². The Balaban J connectivity index is 1.62. The van der Waals surface area contributed by atoms with Crippen LogP contribution in [0.1, 0.15) is 33.9 Å². The molecular weight excluding hydrogens is 440 g/mol. The summed E-state index contributed by atoms with van der Waals surface area (Å²) < 4.78 is 0. The topological polar surface area (TPSA) is 78.7 Å². The summed E-state index contributed by atoms with van der Waals surface area (Å²) >= 11 is 0. The highest BCUT2D eigenvalue weighted by Crippen LogP contribution is 2.36. The molecule has 3 aromatic carbocycles. The first-order valence-electron chi connectivity index (χ1n) is 11.9. The minimum Gasteiger partial charge on any atom is -0.352 e. The molecule has 3 aromatic rings. The lowest BCUT2D eigenvalue weighted by Gasteiger charge is -2.45. The van der Waals surface area contributed by atoms with Crippen LogP contribution in [0.2, 0.25) is 0 Å². The predicted octanol–water partition coefficient (Wildman–Crippen LogP) is 4.06. The number of amides is 1. The lowest BCUT2D eigenvalue weighted by Crippen LogP contribution is -2.59. The summed E-state index contributed by atoms with van der Waals surface area (Å²) in [4.78, 5) is 29.0. The van der Waals surface area contributed by atoms with Crippen molar-refractivity contribution in [3.8, 4) is 0 Å². The van der Waals surface area contributed by atoms with E-state index < -0.39 is 6.17 Å². The van der Waals surface area contributed by atoms with Crippen LogP contribution in [0.4, 0.5) is 0 Å². The van der Waals surface area contributed by atoms with Gasteiger partial charge in [-0.1, -0.05) is 78.9 Å². The fourth-order valence-electron chi connectivity index (χ4n) is 5.10. The molecule has 35 heavy (non-hydrogen) atoms. The van der Waals surface area contributed by atoms with Gasteiger partial charge in [-0.2, -0.15) is 0 Å². The number of hydrogen-bond donors (Lipinski definition) is 1. The van der Waals surface area contributed by atoms with E-state index >= 15 is 0 Å². The van der Waals surface area contributed by atoms with Crippen LogP contribution in [0.25, 0.3) is 0 Å². The van der Waals surface area contributed by atoms with Crippen molar-refractivity contribution in [1.82, 2.24) is 15.1 Å². The van der Waals surface area contributed by atoms with Gasteiger partial charge in [0.2, 0.25) is 0 Å². The van der Waals surface area contributed by atoms with Gasteiger partial charge in [0.25, 0.3) is 12.1 Å². The summed E-state index contributed by atoms with van der Waals surface area (Å²) in [5.74, 6) is -0.217. The smallest absolute Gasteiger partial charge is 0.269 e. The third-order valence-electron chi connectivity index (χ3n) is 6.87. The molecule has 1 aliphatic heterocycles. The average Bonchev–Trinajstić information content (AvgIpc) is 2.89. The third-order valence-corrected chi connectivity index (χ3v) is 6.87. The molecule has 1 fully saturated rings. The molecule has 1 heterocycles. The maximum Gasteiger partial charge on any atom is 0.269 e. The van der Waals surface area contributed by atoms with Crippen LogP contribution in [-0.4, -0.2) is 60.0 Å². The summed E-state index contributed by atoms with van der Waals surface area (Å²) in [5.41, 5.74) is 2.64. The molecule has 3 atom stereocenters. The van der Waals surface area contributed by atoms with Crippen LogP contribution >= 0.6 is 0 Å². The van der Waals surface area contributed by atoms with Gasteiger partial charge >= 0.3 is 0 Å². The second kappa shape index (κ2) is 11.3. The number of piperidine rings is 1. The van der Waals surface area contributed by atoms with Crippen LogP contribution in [0, 0.1) is 16.0 Å². The molecule has 1 saturated heterocycles. The number of carbonyl (C=O) groups is 1. The first-order valence-corrected chi connectivity index (χ1v) is 11.9. The van der Waals surface area contributed by atoms with Crippen LogP contribution < -0.4 is 5.32 Å². The SMILES string of the molecule is CN(C)C1CN(C(c2ccccc2)c2ccccc2)C([N+](=O)[O-])CC1CNC(=O)c1ccccc1. The highest BCUT2D eigenvalue weighted by atomic mass is 16.6. The Morgan fingerprint density at radius 1 is 0.971 bits per heavy atom. The normalized spacial score (nSPS) is 20.6. The fourth-order valence-corrected chi connectivity index (χ4v) is 5.10. The number of nitrogens with one attached hydrogen (secondary N) is 1. The lowest BCUT2D eigenvalue weighted by molar-refractivity contribution is -0.559. The Morgan fingerprint density at radius 3 is 1.97 bits per heavy atom. The van der Waals surface area contributed by atoms with Crippen molar-refractivity contribution in [2.24, 2.45) is 5.92 Å². The maximum atomic E-state index is 12.7. The number of likely N-dealkylation sites (tertiary alicyclic amines) is 1.